The Morgan fingerprint density at radius 1 is 1.42 bits per heavy atom. The van der Waals surface area contributed by atoms with Crippen LogP contribution in [0.3, 0.4) is 0 Å². The molecule has 0 aliphatic carbocycles. The van der Waals surface area contributed by atoms with E-state index in [1.54, 1.807) is 11.3 Å². The minimum absolute atomic E-state index is 0.540. The molecule has 19 heavy (non-hydrogen) atoms. The Balaban J connectivity index is 1.73. The summed E-state index contributed by atoms with van der Waals surface area (Å²) >= 11 is 1.78. The zero-order valence-corrected chi connectivity index (χ0v) is 13.1. The molecule has 3 nitrogen and oxygen atoms in total. The number of hydrogen-bond donors (Lipinski definition) is 2. The van der Waals surface area contributed by atoms with E-state index in [1.807, 2.05) is 0 Å². The van der Waals surface area contributed by atoms with Gasteiger partial charge in [0.25, 0.3) is 0 Å². The van der Waals surface area contributed by atoms with Crippen LogP contribution in [-0.2, 0) is 6.42 Å². The van der Waals surface area contributed by atoms with E-state index in [-0.39, 0.29) is 0 Å². The van der Waals surface area contributed by atoms with E-state index in [2.05, 4.69) is 34.8 Å². The van der Waals surface area contributed by atoms with Crippen LogP contribution in [0.1, 0.15) is 43.3 Å². The van der Waals surface area contributed by atoms with Crippen molar-refractivity contribution in [3.8, 4) is 0 Å². The van der Waals surface area contributed by atoms with E-state index in [1.165, 1.54) is 50.3 Å². The summed E-state index contributed by atoms with van der Waals surface area (Å²) in [6, 6.07) is 0. The van der Waals surface area contributed by atoms with Crippen LogP contribution in [0.15, 0.2) is 5.38 Å². The smallest absolute Gasteiger partial charge is 0.0940 e. The summed E-state index contributed by atoms with van der Waals surface area (Å²) in [6.07, 6.45) is 6.37. The molecule has 1 aliphatic heterocycles. The molecule has 1 saturated heterocycles. The maximum atomic E-state index is 4.52. The summed E-state index contributed by atoms with van der Waals surface area (Å²) in [5, 5.41) is 10.6. The van der Waals surface area contributed by atoms with Gasteiger partial charge in [-0.05, 0) is 44.7 Å². The molecule has 2 N–H and O–H groups in total. The van der Waals surface area contributed by atoms with Gasteiger partial charge in [-0.1, -0.05) is 13.3 Å². The van der Waals surface area contributed by atoms with E-state index in [4.69, 9.17) is 0 Å². The van der Waals surface area contributed by atoms with Crippen molar-refractivity contribution in [2.24, 2.45) is 5.41 Å². The summed E-state index contributed by atoms with van der Waals surface area (Å²) in [6.45, 7) is 8.99. The molecule has 2 heterocycles. The van der Waals surface area contributed by atoms with Crippen LogP contribution in [-0.4, -0.2) is 31.2 Å². The van der Waals surface area contributed by atoms with Gasteiger partial charge in [0.1, 0.15) is 0 Å². The first-order valence-electron chi connectivity index (χ1n) is 7.56. The second kappa shape index (κ2) is 7.36. The van der Waals surface area contributed by atoms with E-state index in [0.717, 1.165) is 18.7 Å². The maximum absolute atomic E-state index is 4.52. The van der Waals surface area contributed by atoms with Crippen molar-refractivity contribution in [3.05, 3.63) is 16.1 Å². The second-order valence-corrected chi connectivity index (χ2v) is 6.75. The first-order valence-corrected chi connectivity index (χ1v) is 8.44. The van der Waals surface area contributed by atoms with Gasteiger partial charge in [-0.15, -0.1) is 11.3 Å². The van der Waals surface area contributed by atoms with Crippen molar-refractivity contribution >= 4 is 11.3 Å². The predicted molar refractivity (Wildman–Crippen MR) is 82.9 cm³/mol. The number of rotatable bonds is 7. The normalized spacial score (nSPS) is 18.6. The Kier molecular flexibility index (Phi) is 5.79. The summed E-state index contributed by atoms with van der Waals surface area (Å²) in [5.74, 6) is 0. The lowest BCUT2D eigenvalue weighted by molar-refractivity contribution is 0.177. The fraction of sp³-hybridized carbons (Fsp3) is 0.800. The second-order valence-electron chi connectivity index (χ2n) is 5.81. The number of nitrogens with one attached hydrogen (secondary N) is 2. The van der Waals surface area contributed by atoms with Crippen LogP contribution in [0.4, 0.5) is 0 Å². The average Bonchev–Trinajstić information content (AvgIpc) is 2.82. The molecule has 0 saturated carbocycles. The molecule has 0 atom stereocenters. The Labute approximate surface area is 121 Å². The third-order valence-corrected chi connectivity index (χ3v) is 5.15. The Hall–Kier alpha value is -0.450. The van der Waals surface area contributed by atoms with E-state index >= 15 is 0 Å². The summed E-state index contributed by atoms with van der Waals surface area (Å²) in [5.41, 5.74) is 1.69. The van der Waals surface area contributed by atoms with Crippen molar-refractivity contribution < 1.29 is 0 Å². The first-order chi connectivity index (χ1) is 9.24. The molecule has 0 spiro atoms. The minimum atomic E-state index is 0.540. The zero-order valence-electron chi connectivity index (χ0n) is 12.3. The lowest BCUT2D eigenvalue weighted by Crippen LogP contribution is -2.43. The lowest BCUT2D eigenvalue weighted by atomic mass is 9.75. The van der Waals surface area contributed by atoms with Gasteiger partial charge in [0, 0.05) is 30.6 Å². The average molecular weight is 281 g/mol. The summed E-state index contributed by atoms with van der Waals surface area (Å²) in [7, 11) is 0. The van der Waals surface area contributed by atoms with Crippen molar-refractivity contribution in [2.75, 3.05) is 26.2 Å². The first kappa shape index (κ1) is 14.9. The van der Waals surface area contributed by atoms with Gasteiger partial charge in [-0.2, -0.15) is 0 Å². The minimum Gasteiger partial charge on any atom is -0.317 e. The fourth-order valence-corrected chi connectivity index (χ4v) is 3.84. The quantitative estimate of drug-likeness (QED) is 0.755. The molecular formula is C15H27N3S. The summed E-state index contributed by atoms with van der Waals surface area (Å²) in [4.78, 5) is 4.52. The Morgan fingerprint density at radius 3 is 2.84 bits per heavy atom. The number of aryl methyl sites for hydroxylation is 1. The largest absolute Gasteiger partial charge is 0.317 e. The molecule has 108 valence electrons. The van der Waals surface area contributed by atoms with Crippen LogP contribution in [0.5, 0.6) is 0 Å². The van der Waals surface area contributed by atoms with Crippen LogP contribution in [0, 0.1) is 12.3 Å². The van der Waals surface area contributed by atoms with Gasteiger partial charge in [-0.3, -0.25) is 0 Å². The number of nitrogens with zero attached hydrogens (tertiary/aromatic N) is 1. The van der Waals surface area contributed by atoms with Gasteiger partial charge in [-0.25, -0.2) is 4.98 Å². The zero-order chi connectivity index (χ0) is 13.6. The molecule has 2 rings (SSSR count). The molecule has 4 heteroatoms. The number of thiazole rings is 1. The molecule has 0 bridgehead atoms. The van der Waals surface area contributed by atoms with Crippen LogP contribution in [0.25, 0.3) is 0 Å². The maximum Gasteiger partial charge on any atom is 0.0940 e. The molecule has 1 fully saturated rings. The van der Waals surface area contributed by atoms with Gasteiger partial charge in [0.15, 0.2) is 0 Å². The van der Waals surface area contributed by atoms with Crippen LogP contribution >= 0.6 is 11.3 Å². The van der Waals surface area contributed by atoms with E-state index in [0.29, 0.717) is 5.41 Å². The lowest BCUT2D eigenvalue weighted by Gasteiger charge is -2.38. The monoisotopic (exact) mass is 281 g/mol. The Morgan fingerprint density at radius 2 is 2.21 bits per heavy atom. The summed E-state index contributed by atoms with van der Waals surface area (Å²) < 4.78 is 0. The molecule has 0 amide bonds. The Bertz CT molecular complexity index is 364. The molecule has 1 aromatic heterocycles. The number of aromatic nitrogens is 1. The third-order valence-electron chi connectivity index (χ3n) is 4.13. The van der Waals surface area contributed by atoms with Gasteiger partial charge >= 0.3 is 0 Å². The van der Waals surface area contributed by atoms with Crippen molar-refractivity contribution in [2.45, 2.75) is 46.0 Å². The van der Waals surface area contributed by atoms with Crippen molar-refractivity contribution in [1.29, 1.82) is 0 Å². The highest BCUT2D eigenvalue weighted by Crippen LogP contribution is 2.33. The van der Waals surface area contributed by atoms with Crippen molar-refractivity contribution in [1.82, 2.24) is 15.6 Å². The van der Waals surface area contributed by atoms with E-state index < -0.39 is 0 Å². The van der Waals surface area contributed by atoms with Gasteiger partial charge < -0.3 is 10.6 Å². The number of hydrogen-bond acceptors (Lipinski definition) is 4. The number of piperidine rings is 1. The highest BCUT2D eigenvalue weighted by molar-refractivity contribution is 7.09. The molecule has 0 unspecified atom stereocenters. The molecule has 1 aliphatic rings. The molecule has 1 aromatic rings. The SMILES string of the molecule is CCCC1(CNCCc2nc(C)cs2)CCNCC1. The standard InChI is InChI=1S/C15H27N3S/c1-3-5-15(6-9-16-10-7-15)12-17-8-4-14-18-13(2)11-19-14/h11,16-17H,3-10,12H2,1-2H3. The van der Waals surface area contributed by atoms with Crippen LogP contribution < -0.4 is 10.6 Å². The van der Waals surface area contributed by atoms with Gasteiger partial charge in [0.05, 0.1) is 5.01 Å². The van der Waals surface area contributed by atoms with Crippen molar-refractivity contribution in [3.63, 3.8) is 0 Å². The molecular weight excluding hydrogens is 254 g/mol. The molecule has 0 aromatic carbocycles. The van der Waals surface area contributed by atoms with Crippen LogP contribution in [0.2, 0.25) is 0 Å². The highest BCUT2D eigenvalue weighted by Gasteiger charge is 2.30. The predicted octanol–water partition coefficient (Wildman–Crippen LogP) is 2.75. The fourth-order valence-electron chi connectivity index (χ4n) is 3.07. The topological polar surface area (TPSA) is 37.0 Å². The van der Waals surface area contributed by atoms with E-state index in [9.17, 15) is 0 Å². The highest BCUT2D eigenvalue weighted by atomic mass is 32.1. The third kappa shape index (κ3) is 4.55. The van der Waals surface area contributed by atoms with Gasteiger partial charge in [0.2, 0.25) is 0 Å². The molecule has 0 radical (unpaired) electrons.